The molecule has 1 atom stereocenters. The van der Waals surface area contributed by atoms with E-state index in [9.17, 15) is 19.5 Å². The summed E-state index contributed by atoms with van der Waals surface area (Å²) in [7, 11) is 0. The quantitative estimate of drug-likeness (QED) is 0.638. The summed E-state index contributed by atoms with van der Waals surface area (Å²) in [6, 6.07) is 5.30. The Hall–Kier alpha value is -2.77. The molecule has 8 heteroatoms. The molecule has 3 N–H and O–H groups in total. The molecule has 1 aliphatic carbocycles. The topological polar surface area (TPSA) is 108 Å². The molecular weight excluding hydrogens is 398 g/mol. The zero-order valence-electron chi connectivity index (χ0n) is 19.3. The van der Waals surface area contributed by atoms with Gasteiger partial charge in [0.15, 0.2) is 0 Å². The minimum absolute atomic E-state index is 0.0758. The van der Waals surface area contributed by atoms with Crippen molar-refractivity contribution in [3.8, 4) is 5.75 Å². The van der Waals surface area contributed by atoms with Crippen LogP contribution in [0.1, 0.15) is 72.4 Å². The molecule has 8 nitrogen and oxygen atoms in total. The number of alkyl carbamates (subject to hydrolysis) is 1. The second-order valence-corrected chi connectivity index (χ2v) is 9.97. The molecule has 0 aromatic heterocycles. The van der Waals surface area contributed by atoms with E-state index in [1.165, 1.54) is 12.1 Å². The second kappa shape index (κ2) is 9.58. The molecule has 1 saturated carbocycles. The number of phenolic OH excluding ortho intramolecular Hbond substituents is 1. The van der Waals surface area contributed by atoms with E-state index < -0.39 is 23.3 Å². The highest BCUT2D eigenvalue weighted by atomic mass is 16.6. The third-order valence-electron chi connectivity index (χ3n) is 4.77. The van der Waals surface area contributed by atoms with Crippen LogP contribution in [0, 0.1) is 0 Å². The lowest BCUT2D eigenvalue weighted by atomic mass is 9.88. The molecule has 0 saturated heterocycles. The van der Waals surface area contributed by atoms with Crippen LogP contribution in [0.3, 0.4) is 0 Å². The molecule has 31 heavy (non-hydrogen) atoms. The summed E-state index contributed by atoms with van der Waals surface area (Å²) in [5, 5.41) is 15.1. The Morgan fingerprint density at radius 3 is 2.13 bits per heavy atom. The number of benzene rings is 1. The smallest absolute Gasteiger partial charge is 0.408 e. The van der Waals surface area contributed by atoms with E-state index in [0.717, 1.165) is 19.3 Å². The molecule has 0 spiro atoms. The van der Waals surface area contributed by atoms with Crippen LogP contribution in [0.5, 0.6) is 5.75 Å². The minimum atomic E-state index is -0.877. The van der Waals surface area contributed by atoms with Gasteiger partial charge in [-0.2, -0.15) is 0 Å². The lowest BCUT2D eigenvalue weighted by Crippen LogP contribution is -2.55. The van der Waals surface area contributed by atoms with Crippen LogP contribution >= 0.6 is 0 Å². The van der Waals surface area contributed by atoms with Crippen molar-refractivity contribution in [3.05, 3.63) is 29.8 Å². The fraction of sp³-hybridized carbons (Fsp3) is 0.609. The lowest BCUT2D eigenvalue weighted by Gasteiger charge is -2.43. The van der Waals surface area contributed by atoms with Gasteiger partial charge < -0.3 is 25.4 Å². The Bertz CT molecular complexity index is 789. The number of carbonyl (C=O) groups is 3. The highest BCUT2D eigenvalue weighted by molar-refractivity contribution is 5.91. The number of phenols is 1. The van der Waals surface area contributed by atoms with Gasteiger partial charge in [0.25, 0.3) is 0 Å². The standard InChI is InChI=1S/C23H35N3O5/c1-22(2,3)25-20(29)19(15-10-12-17(27)13-11-15)26(16-8-7-9-16)18(28)14-24-21(30)31-23(4,5)6/h10-13,16,19,27H,7-9,14H2,1-6H3,(H,24,30)(H,25,29). The Morgan fingerprint density at radius 1 is 1.10 bits per heavy atom. The van der Waals surface area contributed by atoms with Crippen molar-refractivity contribution in [2.24, 2.45) is 0 Å². The Kier molecular flexibility index (Phi) is 7.57. The van der Waals surface area contributed by atoms with E-state index in [0.29, 0.717) is 5.56 Å². The number of rotatable bonds is 6. The van der Waals surface area contributed by atoms with Gasteiger partial charge in [0.2, 0.25) is 11.8 Å². The highest BCUT2D eigenvalue weighted by Gasteiger charge is 2.39. The normalized spacial score (nSPS) is 15.4. The number of hydrogen-bond donors (Lipinski definition) is 3. The van der Waals surface area contributed by atoms with E-state index in [-0.39, 0.29) is 30.2 Å². The predicted octanol–water partition coefficient (Wildman–Crippen LogP) is 3.25. The van der Waals surface area contributed by atoms with Crippen molar-refractivity contribution in [1.82, 2.24) is 15.5 Å². The molecular formula is C23H35N3O5. The maximum absolute atomic E-state index is 13.3. The molecule has 1 fully saturated rings. The molecule has 172 valence electrons. The van der Waals surface area contributed by atoms with Crippen LogP contribution in [0.25, 0.3) is 0 Å². The fourth-order valence-corrected chi connectivity index (χ4v) is 3.31. The van der Waals surface area contributed by atoms with Gasteiger partial charge in [0.1, 0.15) is 23.9 Å². The van der Waals surface area contributed by atoms with Crippen molar-refractivity contribution in [2.45, 2.75) is 84.0 Å². The zero-order valence-corrected chi connectivity index (χ0v) is 19.3. The maximum Gasteiger partial charge on any atom is 0.408 e. The first kappa shape index (κ1) is 24.5. The number of amides is 3. The van der Waals surface area contributed by atoms with Crippen LogP contribution in [0.4, 0.5) is 4.79 Å². The molecule has 1 aliphatic rings. The monoisotopic (exact) mass is 433 g/mol. The van der Waals surface area contributed by atoms with E-state index in [1.807, 2.05) is 20.8 Å². The molecule has 1 aromatic rings. The van der Waals surface area contributed by atoms with Gasteiger partial charge in [-0.1, -0.05) is 12.1 Å². The van der Waals surface area contributed by atoms with Gasteiger partial charge in [-0.05, 0) is 78.5 Å². The SMILES string of the molecule is CC(C)(C)NC(=O)C(c1ccc(O)cc1)N(C(=O)CNC(=O)OC(C)(C)C)C1CCC1. The van der Waals surface area contributed by atoms with Crippen molar-refractivity contribution in [2.75, 3.05) is 6.54 Å². The fourth-order valence-electron chi connectivity index (χ4n) is 3.31. The van der Waals surface area contributed by atoms with E-state index in [1.54, 1.807) is 37.8 Å². The Morgan fingerprint density at radius 2 is 1.68 bits per heavy atom. The second-order valence-electron chi connectivity index (χ2n) is 9.97. The number of carbonyl (C=O) groups excluding carboxylic acids is 3. The number of hydrogen-bond acceptors (Lipinski definition) is 5. The van der Waals surface area contributed by atoms with Gasteiger partial charge in [0.05, 0.1) is 0 Å². The maximum atomic E-state index is 13.3. The predicted molar refractivity (Wildman–Crippen MR) is 117 cm³/mol. The lowest BCUT2D eigenvalue weighted by molar-refractivity contribution is -0.145. The Balaban J connectivity index is 2.30. The van der Waals surface area contributed by atoms with Gasteiger partial charge in [0, 0.05) is 11.6 Å². The average Bonchev–Trinajstić information content (AvgIpc) is 2.56. The summed E-state index contributed by atoms with van der Waals surface area (Å²) >= 11 is 0. The summed E-state index contributed by atoms with van der Waals surface area (Å²) in [6.07, 6.45) is 1.86. The summed E-state index contributed by atoms with van der Waals surface area (Å²) in [4.78, 5) is 40.1. The number of nitrogens with zero attached hydrogens (tertiary/aromatic N) is 1. The van der Waals surface area contributed by atoms with Crippen LogP contribution in [0.2, 0.25) is 0 Å². The third kappa shape index (κ3) is 7.45. The largest absolute Gasteiger partial charge is 0.508 e. The first-order valence-electron chi connectivity index (χ1n) is 10.7. The van der Waals surface area contributed by atoms with Crippen molar-refractivity contribution >= 4 is 17.9 Å². The minimum Gasteiger partial charge on any atom is -0.508 e. The van der Waals surface area contributed by atoms with Gasteiger partial charge in [-0.25, -0.2) is 4.79 Å². The van der Waals surface area contributed by atoms with Crippen molar-refractivity contribution in [1.29, 1.82) is 0 Å². The number of nitrogens with one attached hydrogen (secondary N) is 2. The van der Waals surface area contributed by atoms with Gasteiger partial charge in [-0.15, -0.1) is 0 Å². The van der Waals surface area contributed by atoms with Gasteiger partial charge >= 0.3 is 6.09 Å². The molecule has 0 radical (unpaired) electrons. The van der Waals surface area contributed by atoms with Crippen LogP contribution in [0.15, 0.2) is 24.3 Å². The summed E-state index contributed by atoms with van der Waals surface area (Å²) in [6.45, 7) is 10.6. The van der Waals surface area contributed by atoms with Crippen molar-refractivity contribution in [3.63, 3.8) is 0 Å². The molecule has 0 heterocycles. The van der Waals surface area contributed by atoms with E-state index in [4.69, 9.17) is 4.74 Å². The third-order valence-corrected chi connectivity index (χ3v) is 4.77. The molecule has 2 rings (SSSR count). The number of ether oxygens (including phenoxy) is 1. The van der Waals surface area contributed by atoms with Gasteiger partial charge in [-0.3, -0.25) is 9.59 Å². The summed E-state index contributed by atoms with van der Waals surface area (Å²) < 4.78 is 5.21. The first-order valence-corrected chi connectivity index (χ1v) is 10.7. The zero-order chi connectivity index (χ0) is 23.4. The molecule has 1 aromatic carbocycles. The molecule has 3 amide bonds. The summed E-state index contributed by atoms with van der Waals surface area (Å²) in [5.41, 5.74) is -0.575. The van der Waals surface area contributed by atoms with Crippen LogP contribution in [-0.4, -0.2) is 51.6 Å². The number of aromatic hydroxyl groups is 1. The van der Waals surface area contributed by atoms with Crippen molar-refractivity contribution < 1.29 is 24.2 Å². The summed E-state index contributed by atoms with van der Waals surface area (Å²) in [5.74, 6) is -0.597. The van der Waals surface area contributed by atoms with E-state index in [2.05, 4.69) is 10.6 Å². The first-order chi connectivity index (χ1) is 14.3. The molecule has 0 aliphatic heterocycles. The van der Waals surface area contributed by atoms with Crippen LogP contribution in [-0.2, 0) is 14.3 Å². The van der Waals surface area contributed by atoms with Crippen LogP contribution < -0.4 is 10.6 Å². The highest BCUT2D eigenvalue weighted by Crippen LogP contribution is 2.33. The van der Waals surface area contributed by atoms with E-state index >= 15 is 0 Å². The average molecular weight is 434 g/mol. The molecule has 1 unspecified atom stereocenters. The Labute approximate surface area is 184 Å². The molecule has 0 bridgehead atoms.